The van der Waals surface area contributed by atoms with Gasteiger partial charge in [0, 0.05) is 49.4 Å². The molecule has 1 N–H and O–H groups in total. The number of aliphatic carboxylic acids is 1. The molecule has 6 nitrogen and oxygen atoms in total. The van der Waals surface area contributed by atoms with Crippen LogP contribution < -0.4 is 20.2 Å². The number of benzene rings is 2. The van der Waals surface area contributed by atoms with Crippen molar-refractivity contribution in [3.8, 4) is 0 Å². The Bertz CT molecular complexity index is 1020. The average Bonchev–Trinajstić information content (AvgIpc) is 2.81. The number of halogens is 2. The third kappa shape index (κ3) is 4.87. The van der Waals surface area contributed by atoms with Crippen LogP contribution in [0.4, 0.5) is 17.1 Å². The highest BCUT2D eigenvalue weighted by Crippen LogP contribution is 2.33. The zero-order valence-corrected chi connectivity index (χ0v) is 19.0. The van der Waals surface area contributed by atoms with E-state index in [0.717, 1.165) is 37.6 Å². The van der Waals surface area contributed by atoms with Gasteiger partial charge in [0.15, 0.2) is 0 Å². The van der Waals surface area contributed by atoms with E-state index >= 15 is 0 Å². The highest BCUT2D eigenvalue weighted by molar-refractivity contribution is 6.43. The summed E-state index contributed by atoms with van der Waals surface area (Å²) >= 11 is 12.5. The van der Waals surface area contributed by atoms with Gasteiger partial charge in [-0.1, -0.05) is 41.4 Å². The predicted octanol–water partition coefficient (Wildman–Crippen LogP) is 3.59. The first-order valence-corrected chi connectivity index (χ1v) is 11.4. The smallest absolute Gasteiger partial charge is 0.228 e. The zero-order valence-electron chi connectivity index (χ0n) is 17.5. The van der Waals surface area contributed by atoms with Crippen molar-refractivity contribution in [2.45, 2.75) is 12.8 Å². The van der Waals surface area contributed by atoms with Gasteiger partial charge in [-0.05, 0) is 49.2 Å². The largest absolute Gasteiger partial charge is 0.550 e. The van der Waals surface area contributed by atoms with Gasteiger partial charge in [0.1, 0.15) is 0 Å². The maximum Gasteiger partial charge on any atom is 0.228 e. The quantitative estimate of drug-likeness (QED) is 0.672. The summed E-state index contributed by atoms with van der Waals surface area (Å²) in [6.45, 7) is 3.29. The normalized spacial score (nSPS) is 20.8. The first-order valence-electron chi connectivity index (χ1n) is 10.6. The number of carbonyl (C=O) groups excluding carboxylic acids is 2. The minimum Gasteiger partial charge on any atom is -0.550 e. The van der Waals surface area contributed by atoms with Gasteiger partial charge in [0.25, 0.3) is 0 Å². The molecule has 2 aromatic rings. The minimum atomic E-state index is -1.18. The van der Waals surface area contributed by atoms with E-state index in [1.807, 2.05) is 42.5 Å². The fourth-order valence-electron chi connectivity index (χ4n) is 4.30. The summed E-state index contributed by atoms with van der Waals surface area (Å²) in [5, 5.41) is 15.3. The number of rotatable bonds is 5. The van der Waals surface area contributed by atoms with Crippen molar-refractivity contribution >= 4 is 52.1 Å². The van der Waals surface area contributed by atoms with Crippen LogP contribution in [-0.4, -0.2) is 38.1 Å². The van der Waals surface area contributed by atoms with Crippen LogP contribution in [0.15, 0.2) is 54.6 Å². The van der Waals surface area contributed by atoms with E-state index in [9.17, 15) is 14.7 Å². The lowest BCUT2D eigenvalue weighted by atomic mass is 9.82. The number of nitrogens with one attached hydrogen (secondary N) is 1. The number of carboxylic acid groups (broad SMARTS) is 1. The van der Waals surface area contributed by atoms with Crippen molar-refractivity contribution in [1.29, 1.82) is 0 Å². The molecule has 1 amide bonds. The van der Waals surface area contributed by atoms with E-state index in [2.05, 4.69) is 15.1 Å². The fraction of sp³-hybridized carbons (Fsp3) is 0.333. The van der Waals surface area contributed by atoms with Crippen molar-refractivity contribution < 1.29 is 14.7 Å². The van der Waals surface area contributed by atoms with Crippen LogP contribution >= 0.6 is 23.2 Å². The van der Waals surface area contributed by atoms with Crippen LogP contribution in [-0.2, 0) is 9.59 Å². The summed E-state index contributed by atoms with van der Waals surface area (Å²) < 4.78 is 0. The van der Waals surface area contributed by atoms with E-state index < -0.39 is 17.8 Å². The standard InChI is InChI=1S/C24H25Cl2N3O3/c25-20-6-3-7-21(22(20)26)29-14-12-28(13-15-29)17-10-8-16(9-11-17)27-23(30)18-4-1-2-5-19(18)24(31)32/h1-3,6-11,18-19H,4-5,12-15H2,(H,27,30)(H,31,32)/p-1/t18-,19-/m1/s1. The van der Waals surface area contributed by atoms with E-state index in [-0.39, 0.29) is 5.91 Å². The molecular weight excluding hydrogens is 449 g/mol. The van der Waals surface area contributed by atoms with E-state index in [4.69, 9.17) is 23.2 Å². The highest BCUT2D eigenvalue weighted by Gasteiger charge is 2.30. The number of hydrogen-bond acceptors (Lipinski definition) is 5. The molecule has 1 heterocycles. The molecule has 0 spiro atoms. The summed E-state index contributed by atoms with van der Waals surface area (Å²) in [7, 11) is 0. The third-order valence-electron chi connectivity index (χ3n) is 6.12. The number of carbonyl (C=O) groups is 2. The third-order valence-corrected chi connectivity index (χ3v) is 6.93. The van der Waals surface area contributed by atoms with Gasteiger partial charge in [-0.2, -0.15) is 0 Å². The molecule has 2 aromatic carbocycles. The van der Waals surface area contributed by atoms with E-state index in [0.29, 0.717) is 28.6 Å². The van der Waals surface area contributed by atoms with Crippen molar-refractivity contribution in [2.75, 3.05) is 41.3 Å². The first-order chi connectivity index (χ1) is 15.4. The number of anilines is 3. The molecule has 4 rings (SSSR count). The molecule has 1 aliphatic carbocycles. The Hall–Kier alpha value is -2.70. The van der Waals surface area contributed by atoms with Gasteiger partial charge in [-0.25, -0.2) is 0 Å². The Kier molecular flexibility index (Phi) is 6.92. The van der Waals surface area contributed by atoms with Crippen LogP contribution in [0.2, 0.25) is 10.0 Å². The fourth-order valence-corrected chi connectivity index (χ4v) is 4.71. The Balaban J connectivity index is 1.35. The van der Waals surface area contributed by atoms with Crippen LogP contribution in [0.5, 0.6) is 0 Å². The maximum atomic E-state index is 12.6. The summed E-state index contributed by atoms with van der Waals surface area (Å²) in [5.74, 6) is -2.87. The monoisotopic (exact) mass is 472 g/mol. The van der Waals surface area contributed by atoms with Crippen LogP contribution in [0.25, 0.3) is 0 Å². The van der Waals surface area contributed by atoms with Crippen LogP contribution in [0, 0.1) is 11.8 Å². The molecule has 1 saturated heterocycles. The molecule has 2 aliphatic rings. The number of amides is 1. The Morgan fingerprint density at radius 2 is 1.50 bits per heavy atom. The Morgan fingerprint density at radius 3 is 2.16 bits per heavy atom. The van der Waals surface area contributed by atoms with Crippen molar-refractivity contribution in [3.05, 3.63) is 64.7 Å². The number of carboxylic acids is 1. The molecule has 0 bridgehead atoms. The van der Waals surface area contributed by atoms with Gasteiger partial charge in [-0.3, -0.25) is 4.79 Å². The second-order valence-electron chi connectivity index (χ2n) is 8.06. The van der Waals surface area contributed by atoms with Gasteiger partial charge >= 0.3 is 0 Å². The van der Waals surface area contributed by atoms with Crippen molar-refractivity contribution in [2.24, 2.45) is 11.8 Å². The lowest BCUT2D eigenvalue weighted by Gasteiger charge is -2.37. The molecule has 1 fully saturated rings. The molecule has 32 heavy (non-hydrogen) atoms. The predicted molar refractivity (Wildman–Crippen MR) is 126 cm³/mol. The van der Waals surface area contributed by atoms with Gasteiger partial charge in [-0.15, -0.1) is 0 Å². The summed E-state index contributed by atoms with van der Waals surface area (Å²) in [4.78, 5) is 28.5. The highest BCUT2D eigenvalue weighted by atomic mass is 35.5. The molecule has 8 heteroatoms. The van der Waals surface area contributed by atoms with Crippen LogP contribution in [0.3, 0.4) is 0 Å². The number of allylic oxidation sites excluding steroid dienone is 2. The average molecular weight is 473 g/mol. The van der Waals surface area contributed by atoms with Gasteiger partial charge < -0.3 is 25.0 Å². The van der Waals surface area contributed by atoms with Gasteiger partial charge in [0.05, 0.1) is 21.7 Å². The summed E-state index contributed by atoms with van der Waals surface area (Å²) in [6.07, 6.45) is 4.37. The second kappa shape index (κ2) is 9.84. The molecule has 0 aromatic heterocycles. The molecule has 0 radical (unpaired) electrons. The molecule has 1 aliphatic heterocycles. The topological polar surface area (TPSA) is 75.7 Å². The molecule has 0 saturated carbocycles. The van der Waals surface area contributed by atoms with Crippen molar-refractivity contribution in [3.63, 3.8) is 0 Å². The second-order valence-corrected chi connectivity index (χ2v) is 8.84. The molecule has 0 unspecified atom stereocenters. The SMILES string of the molecule is O=C([O-])[C@@H]1CC=CC[C@H]1C(=O)Nc1ccc(N2CCN(c3cccc(Cl)c3Cl)CC2)cc1. The van der Waals surface area contributed by atoms with Gasteiger partial charge in [0.2, 0.25) is 5.91 Å². The number of hydrogen-bond donors (Lipinski definition) is 1. The zero-order chi connectivity index (χ0) is 22.7. The molecule has 2 atom stereocenters. The number of nitrogens with zero attached hydrogens (tertiary/aromatic N) is 2. The summed E-state index contributed by atoms with van der Waals surface area (Å²) in [6, 6.07) is 13.3. The summed E-state index contributed by atoms with van der Waals surface area (Å²) in [5.41, 5.74) is 2.66. The maximum absolute atomic E-state index is 12.6. The Morgan fingerprint density at radius 1 is 0.875 bits per heavy atom. The first kappa shape index (κ1) is 22.5. The van der Waals surface area contributed by atoms with Crippen LogP contribution in [0.1, 0.15) is 12.8 Å². The lowest BCUT2D eigenvalue weighted by molar-refractivity contribution is -0.313. The lowest BCUT2D eigenvalue weighted by Crippen LogP contribution is -2.46. The van der Waals surface area contributed by atoms with E-state index in [1.54, 1.807) is 12.1 Å². The van der Waals surface area contributed by atoms with Crippen molar-refractivity contribution in [1.82, 2.24) is 0 Å². The van der Waals surface area contributed by atoms with E-state index in [1.165, 1.54) is 0 Å². The molecule has 168 valence electrons. The minimum absolute atomic E-state index is 0.289. The molecular formula is C24H24Cl2N3O3-. The number of piperazine rings is 1. The Labute approximate surface area is 197 Å².